The number of esters is 1. The molecule has 10 nitrogen and oxygen atoms in total. The second kappa shape index (κ2) is 14.0. The molecule has 43 heavy (non-hydrogen) atoms. The summed E-state index contributed by atoms with van der Waals surface area (Å²) in [7, 11) is 0. The van der Waals surface area contributed by atoms with E-state index >= 15 is 0 Å². The molecule has 1 heterocycles. The largest absolute Gasteiger partial charge is 0.480 e. The first-order valence-electron chi connectivity index (χ1n) is 14.4. The third-order valence-corrected chi connectivity index (χ3v) is 7.85. The molecule has 1 aliphatic carbocycles. The second-order valence-electron chi connectivity index (χ2n) is 10.7. The van der Waals surface area contributed by atoms with Crippen LogP contribution in [0.25, 0.3) is 11.1 Å². The average Bonchev–Trinajstić information content (AvgIpc) is 3.35. The number of carboxylic acids is 1. The van der Waals surface area contributed by atoms with Crippen molar-refractivity contribution in [3.63, 3.8) is 0 Å². The number of amides is 2. The molecule has 0 spiro atoms. The fourth-order valence-corrected chi connectivity index (χ4v) is 5.55. The van der Waals surface area contributed by atoms with E-state index in [0.717, 1.165) is 16.7 Å². The van der Waals surface area contributed by atoms with E-state index in [1.165, 1.54) is 11.1 Å². The highest BCUT2D eigenvalue weighted by Crippen LogP contribution is 2.44. The summed E-state index contributed by atoms with van der Waals surface area (Å²) in [5.41, 5.74) is 5.46. The van der Waals surface area contributed by atoms with Crippen LogP contribution in [0.2, 0.25) is 0 Å². The number of hydrogen-bond acceptors (Lipinski definition) is 7. The van der Waals surface area contributed by atoms with Gasteiger partial charge in [-0.3, -0.25) is 14.5 Å². The van der Waals surface area contributed by atoms with E-state index in [0.29, 0.717) is 26.2 Å². The van der Waals surface area contributed by atoms with E-state index in [9.17, 15) is 24.3 Å². The van der Waals surface area contributed by atoms with E-state index in [1.807, 2.05) is 59.5 Å². The van der Waals surface area contributed by atoms with Gasteiger partial charge in [0.15, 0.2) is 0 Å². The molecule has 2 amide bonds. The molecule has 3 aromatic carbocycles. The number of nitrogens with one attached hydrogen (secondary N) is 1. The molecule has 2 N–H and O–H groups in total. The standard InChI is InChI=1S/C33H35N3O7/c37-30(34-29(32(39)40)14-15-31(38)42-21-23-8-2-1-3-9-23)20-35-16-18-36(19-17-35)33(41)43-22-28-26-12-6-4-10-24(26)25-11-5-7-13-27(25)28/h1-13,28-29H,14-22H2,(H,34,37)(H,39,40). The minimum atomic E-state index is -1.22. The number of carbonyl (C=O) groups excluding carboxylic acids is 3. The number of carboxylic acid groups (broad SMARTS) is 1. The van der Waals surface area contributed by atoms with Crippen molar-refractivity contribution in [2.24, 2.45) is 0 Å². The lowest BCUT2D eigenvalue weighted by atomic mass is 9.98. The number of rotatable bonds is 11. The Morgan fingerprint density at radius 2 is 1.42 bits per heavy atom. The molecule has 1 saturated heterocycles. The summed E-state index contributed by atoms with van der Waals surface area (Å²) in [6.45, 7) is 2.00. The van der Waals surface area contributed by atoms with Crippen LogP contribution in [0.3, 0.4) is 0 Å². The van der Waals surface area contributed by atoms with Gasteiger partial charge in [-0.2, -0.15) is 0 Å². The number of aliphatic carboxylic acids is 1. The minimum Gasteiger partial charge on any atom is -0.480 e. The predicted molar refractivity (Wildman–Crippen MR) is 158 cm³/mol. The van der Waals surface area contributed by atoms with Crippen LogP contribution < -0.4 is 5.32 Å². The normalized spacial score (nSPS) is 15.2. The van der Waals surface area contributed by atoms with E-state index < -0.39 is 30.0 Å². The summed E-state index contributed by atoms with van der Waals surface area (Å²) in [5, 5.41) is 12.0. The zero-order chi connectivity index (χ0) is 30.2. The molecule has 1 aliphatic heterocycles. The lowest BCUT2D eigenvalue weighted by molar-refractivity contribution is -0.146. The number of fused-ring (bicyclic) bond motifs is 3. The zero-order valence-corrected chi connectivity index (χ0v) is 23.8. The number of nitrogens with zero attached hydrogens (tertiary/aromatic N) is 2. The number of piperazine rings is 1. The summed E-state index contributed by atoms with van der Waals surface area (Å²) in [6, 6.07) is 24.3. The van der Waals surface area contributed by atoms with Crippen LogP contribution in [0.5, 0.6) is 0 Å². The zero-order valence-electron chi connectivity index (χ0n) is 23.8. The van der Waals surface area contributed by atoms with Crippen molar-refractivity contribution in [1.82, 2.24) is 15.1 Å². The molecule has 1 atom stereocenters. The van der Waals surface area contributed by atoms with Gasteiger partial charge < -0.3 is 24.8 Å². The lowest BCUT2D eigenvalue weighted by Gasteiger charge is -2.34. The van der Waals surface area contributed by atoms with E-state index in [1.54, 1.807) is 4.90 Å². The van der Waals surface area contributed by atoms with Crippen LogP contribution in [-0.4, -0.2) is 84.2 Å². The Hall–Kier alpha value is -4.70. The van der Waals surface area contributed by atoms with Gasteiger partial charge in [-0.1, -0.05) is 78.9 Å². The number of carbonyl (C=O) groups is 4. The third kappa shape index (κ3) is 7.58. The molecule has 10 heteroatoms. The molecule has 5 rings (SSSR count). The molecule has 1 fully saturated rings. The first kappa shape index (κ1) is 29.8. The topological polar surface area (TPSA) is 125 Å². The number of benzene rings is 3. The number of ether oxygens (including phenoxy) is 2. The molecule has 0 saturated carbocycles. The second-order valence-corrected chi connectivity index (χ2v) is 10.7. The van der Waals surface area contributed by atoms with Crippen LogP contribution >= 0.6 is 0 Å². The Morgan fingerprint density at radius 1 is 0.814 bits per heavy atom. The van der Waals surface area contributed by atoms with Crippen molar-refractivity contribution >= 4 is 23.9 Å². The van der Waals surface area contributed by atoms with E-state index in [2.05, 4.69) is 29.6 Å². The average molecular weight is 586 g/mol. The van der Waals surface area contributed by atoms with Crippen LogP contribution in [0.15, 0.2) is 78.9 Å². The fraction of sp³-hybridized carbons (Fsp3) is 0.333. The lowest BCUT2D eigenvalue weighted by Crippen LogP contribution is -2.52. The molecule has 0 aromatic heterocycles. The van der Waals surface area contributed by atoms with Crippen LogP contribution in [0, 0.1) is 0 Å². The molecular weight excluding hydrogens is 550 g/mol. The van der Waals surface area contributed by atoms with Crippen molar-refractivity contribution in [2.45, 2.75) is 31.4 Å². The van der Waals surface area contributed by atoms with E-state index in [-0.39, 0.29) is 38.5 Å². The highest BCUT2D eigenvalue weighted by atomic mass is 16.6. The number of hydrogen-bond donors (Lipinski definition) is 2. The maximum atomic E-state index is 12.9. The van der Waals surface area contributed by atoms with Crippen LogP contribution in [0.1, 0.15) is 35.4 Å². The van der Waals surface area contributed by atoms with E-state index in [4.69, 9.17) is 9.47 Å². The minimum absolute atomic E-state index is 0.0131. The van der Waals surface area contributed by atoms with Crippen LogP contribution in [0.4, 0.5) is 4.79 Å². The molecule has 3 aromatic rings. The smallest absolute Gasteiger partial charge is 0.409 e. The quantitative estimate of drug-likeness (QED) is 0.327. The monoisotopic (exact) mass is 585 g/mol. The SMILES string of the molecule is O=C(CN1CCN(C(=O)OCC2c3ccccc3-c3ccccc32)CC1)NC(CCC(=O)OCc1ccccc1)C(=O)O. The summed E-state index contributed by atoms with van der Waals surface area (Å²) >= 11 is 0. The van der Waals surface area contributed by atoms with Gasteiger partial charge in [0.05, 0.1) is 6.54 Å². The molecule has 224 valence electrons. The highest BCUT2D eigenvalue weighted by molar-refractivity contribution is 5.85. The Morgan fingerprint density at radius 3 is 2.05 bits per heavy atom. The van der Waals surface area contributed by atoms with Gasteiger partial charge >= 0.3 is 18.0 Å². The summed E-state index contributed by atoms with van der Waals surface area (Å²) < 4.78 is 10.9. The van der Waals surface area contributed by atoms with Crippen molar-refractivity contribution in [1.29, 1.82) is 0 Å². The molecule has 1 unspecified atom stereocenters. The fourth-order valence-electron chi connectivity index (χ4n) is 5.55. The van der Waals surface area contributed by atoms with Crippen molar-refractivity contribution in [3.05, 3.63) is 95.6 Å². The van der Waals surface area contributed by atoms with Crippen LogP contribution in [-0.2, 0) is 30.5 Å². The molecule has 0 bridgehead atoms. The van der Waals surface area contributed by atoms with Gasteiger partial charge in [-0.25, -0.2) is 9.59 Å². The Kier molecular flexibility index (Phi) is 9.68. The molecule has 0 radical (unpaired) electrons. The molecular formula is C33H35N3O7. The van der Waals surface area contributed by atoms with Gasteiger partial charge in [0.2, 0.25) is 5.91 Å². The third-order valence-electron chi connectivity index (χ3n) is 7.85. The highest BCUT2D eigenvalue weighted by Gasteiger charge is 2.31. The Balaban J connectivity index is 1.03. The van der Waals surface area contributed by atoms with Gasteiger partial charge in [-0.15, -0.1) is 0 Å². The summed E-state index contributed by atoms with van der Waals surface area (Å²) in [4.78, 5) is 52.8. The summed E-state index contributed by atoms with van der Waals surface area (Å²) in [5.74, 6) is -2.23. The van der Waals surface area contributed by atoms with Crippen molar-refractivity contribution < 1.29 is 33.8 Å². The first-order valence-corrected chi connectivity index (χ1v) is 14.4. The van der Waals surface area contributed by atoms with Crippen molar-refractivity contribution in [3.8, 4) is 11.1 Å². The summed E-state index contributed by atoms with van der Waals surface area (Å²) in [6.07, 6.45) is -0.608. The van der Waals surface area contributed by atoms with Gasteiger partial charge in [0, 0.05) is 38.5 Å². The van der Waals surface area contributed by atoms with Crippen molar-refractivity contribution in [2.75, 3.05) is 39.3 Å². The molecule has 2 aliphatic rings. The Labute approximate surface area is 250 Å². The van der Waals surface area contributed by atoms with Gasteiger partial charge in [0.1, 0.15) is 19.3 Å². The predicted octanol–water partition coefficient (Wildman–Crippen LogP) is 3.65. The maximum absolute atomic E-state index is 12.9. The first-order chi connectivity index (χ1) is 20.9. The van der Waals surface area contributed by atoms with Gasteiger partial charge in [0.25, 0.3) is 0 Å². The maximum Gasteiger partial charge on any atom is 0.409 e. The van der Waals surface area contributed by atoms with Gasteiger partial charge in [-0.05, 0) is 34.2 Å². The Bertz CT molecular complexity index is 1410.